The van der Waals surface area contributed by atoms with Gasteiger partial charge in [-0.05, 0) is 31.7 Å². The predicted octanol–water partition coefficient (Wildman–Crippen LogP) is 3.74. The highest BCUT2D eigenvalue weighted by Gasteiger charge is 2.27. The maximum Gasteiger partial charge on any atom is 0.341 e. The first-order chi connectivity index (χ1) is 14.3. The second-order valence-corrected chi connectivity index (χ2v) is 9.55. The maximum absolute atomic E-state index is 12.4. The molecular weight excluding hydrogens is 380 g/mol. The molecule has 2 fully saturated rings. The van der Waals surface area contributed by atoms with Gasteiger partial charge in [0.25, 0.3) is 0 Å². The summed E-state index contributed by atoms with van der Waals surface area (Å²) < 4.78 is 4.99. The number of carbonyl (C=O) groups is 2. The minimum atomic E-state index is -0.530. The molecule has 0 spiro atoms. The normalized spacial score (nSPS) is 18.9. The van der Waals surface area contributed by atoms with E-state index in [0.29, 0.717) is 29.2 Å². The number of aromatic nitrogens is 1. The Kier molecular flexibility index (Phi) is 7.34. The molecule has 2 heterocycles. The fourth-order valence-corrected chi connectivity index (χ4v) is 4.22. The minimum absolute atomic E-state index is 0.123. The second kappa shape index (κ2) is 9.77. The van der Waals surface area contributed by atoms with Gasteiger partial charge < -0.3 is 20.3 Å². The first kappa shape index (κ1) is 22.5. The lowest BCUT2D eigenvalue weighted by Crippen LogP contribution is -2.47. The Bertz CT molecular complexity index is 745. The van der Waals surface area contributed by atoms with E-state index in [4.69, 9.17) is 4.74 Å². The Morgan fingerprint density at radius 3 is 2.30 bits per heavy atom. The standard InChI is InChI=1S/C23H36N4O3/c1-23(2,3)22(29)26-18-14-19(21(28)30-4)20(24-15-18)27-12-10-17(11-13-27)25-16-8-6-5-7-9-16/h14-17,25H,5-13H2,1-4H3,(H,26,29). The summed E-state index contributed by atoms with van der Waals surface area (Å²) in [6.07, 6.45) is 10.3. The van der Waals surface area contributed by atoms with Crippen LogP contribution in [0.25, 0.3) is 0 Å². The zero-order valence-electron chi connectivity index (χ0n) is 18.8. The number of nitrogens with zero attached hydrogens (tertiary/aromatic N) is 2. The van der Waals surface area contributed by atoms with Crippen LogP contribution in [0.5, 0.6) is 0 Å². The van der Waals surface area contributed by atoms with Gasteiger partial charge in [-0.1, -0.05) is 40.0 Å². The summed E-state index contributed by atoms with van der Waals surface area (Å²) in [5.41, 5.74) is 0.368. The molecule has 30 heavy (non-hydrogen) atoms. The van der Waals surface area contributed by atoms with Crippen molar-refractivity contribution >= 4 is 23.4 Å². The predicted molar refractivity (Wildman–Crippen MR) is 119 cm³/mol. The molecule has 1 saturated carbocycles. The van der Waals surface area contributed by atoms with E-state index in [1.807, 2.05) is 20.8 Å². The lowest BCUT2D eigenvalue weighted by atomic mass is 9.93. The third kappa shape index (κ3) is 5.72. The lowest BCUT2D eigenvalue weighted by Gasteiger charge is -2.36. The molecule has 2 aliphatic rings. The van der Waals surface area contributed by atoms with Crippen LogP contribution in [0.4, 0.5) is 11.5 Å². The van der Waals surface area contributed by atoms with Crippen LogP contribution in [0.3, 0.4) is 0 Å². The van der Waals surface area contributed by atoms with Crippen LogP contribution in [-0.4, -0.2) is 49.1 Å². The van der Waals surface area contributed by atoms with E-state index < -0.39 is 11.4 Å². The van der Waals surface area contributed by atoms with Crippen LogP contribution in [0, 0.1) is 5.41 Å². The van der Waals surface area contributed by atoms with Crippen LogP contribution in [0.1, 0.15) is 76.1 Å². The van der Waals surface area contributed by atoms with Gasteiger partial charge in [0, 0.05) is 30.6 Å². The van der Waals surface area contributed by atoms with Gasteiger partial charge in [0.05, 0.1) is 19.0 Å². The highest BCUT2D eigenvalue weighted by Crippen LogP contribution is 2.27. The van der Waals surface area contributed by atoms with Crippen molar-refractivity contribution in [2.45, 2.75) is 77.8 Å². The summed E-state index contributed by atoms with van der Waals surface area (Å²) in [5.74, 6) is 0.0704. The summed E-state index contributed by atoms with van der Waals surface area (Å²) in [6.45, 7) is 7.22. The number of esters is 1. The molecule has 1 aliphatic carbocycles. The summed E-state index contributed by atoms with van der Waals surface area (Å²) in [4.78, 5) is 31.4. The van der Waals surface area contributed by atoms with Gasteiger partial charge in [0.15, 0.2) is 0 Å². The molecule has 3 rings (SSSR count). The Hall–Kier alpha value is -2.15. The van der Waals surface area contributed by atoms with E-state index >= 15 is 0 Å². The lowest BCUT2D eigenvalue weighted by molar-refractivity contribution is -0.123. The van der Waals surface area contributed by atoms with Crippen molar-refractivity contribution in [3.8, 4) is 0 Å². The fourth-order valence-electron chi connectivity index (χ4n) is 4.22. The van der Waals surface area contributed by atoms with E-state index in [-0.39, 0.29) is 5.91 Å². The van der Waals surface area contributed by atoms with Gasteiger partial charge in [0.2, 0.25) is 5.91 Å². The summed E-state index contributed by atoms with van der Waals surface area (Å²) >= 11 is 0. The van der Waals surface area contributed by atoms with Crippen LogP contribution in [0.15, 0.2) is 12.3 Å². The third-order valence-corrected chi connectivity index (χ3v) is 6.08. The number of rotatable bonds is 5. The topological polar surface area (TPSA) is 83.6 Å². The van der Waals surface area contributed by atoms with Crippen molar-refractivity contribution in [2.75, 3.05) is 30.4 Å². The molecule has 2 N–H and O–H groups in total. The van der Waals surface area contributed by atoms with Gasteiger partial charge in [-0.2, -0.15) is 0 Å². The third-order valence-electron chi connectivity index (χ3n) is 6.08. The number of hydrogen-bond acceptors (Lipinski definition) is 6. The number of pyridine rings is 1. The average molecular weight is 417 g/mol. The molecule has 0 radical (unpaired) electrons. The van der Waals surface area contributed by atoms with Crippen molar-refractivity contribution in [2.24, 2.45) is 5.41 Å². The number of ether oxygens (including phenoxy) is 1. The molecule has 7 heteroatoms. The number of hydrogen-bond donors (Lipinski definition) is 2. The number of carbonyl (C=O) groups excluding carboxylic acids is 2. The van der Waals surface area contributed by atoms with Crippen LogP contribution < -0.4 is 15.5 Å². The molecule has 1 aromatic heterocycles. The minimum Gasteiger partial charge on any atom is -0.465 e. The van der Waals surface area contributed by atoms with E-state index in [1.165, 1.54) is 39.2 Å². The molecular formula is C23H36N4O3. The van der Waals surface area contributed by atoms with Crippen LogP contribution in [-0.2, 0) is 9.53 Å². The summed E-state index contributed by atoms with van der Waals surface area (Å²) in [5, 5.41) is 6.68. The van der Waals surface area contributed by atoms with Crippen molar-refractivity contribution in [3.63, 3.8) is 0 Å². The first-order valence-electron chi connectivity index (χ1n) is 11.2. The maximum atomic E-state index is 12.4. The van der Waals surface area contributed by atoms with E-state index in [2.05, 4.69) is 20.5 Å². The molecule has 0 bridgehead atoms. The zero-order valence-corrected chi connectivity index (χ0v) is 18.8. The molecule has 0 aromatic carbocycles. The largest absolute Gasteiger partial charge is 0.465 e. The van der Waals surface area contributed by atoms with Crippen molar-refractivity contribution in [3.05, 3.63) is 17.8 Å². The van der Waals surface area contributed by atoms with E-state index in [0.717, 1.165) is 25.9 Å². The Balaban J connectivity index is 1.67. The van der Waals surface area contributed by atoms with E-state index in [9.17, 15) is 9.59 Å². The van der Waals surface area contributed by atoms with Gasteiger partial charge in [0.1, 0.15) is 11.4 Å². The van der Waals surface area contributed by atoms with Gasteiger partial charge in [-0.3, -0.25) is 4.79 Å². The van der Waals surface area contributed by atoms with Gasteiger partial charge >= 0.3 is 5.97 Å². The molecule has 1 amide bonds. The van der Waals surface area contributed by atoms with Gasteiger partial charge in [-0.25, -0.2) is 9.78 Å². The highest BCUT2D eigenvalue weighted by molar-refractivity contribution is 5.99. The number of piperidine rings is 1. The molecule has 7 nitrogen and oxygen atoms in total. The summed E-state index contributed by atoms with van der Waals surface area (Å²) in [6, 6.07) is 2.85. The number of methoxy groups -OCH3 is 1. The number of nitrogens with one attached hydrogen (secondary N) is 2. The SMILES string of the molecule is COC(=O)c1cc(NC(=O)C(C)(C)C)cnc1N1CCC(NC2CCCCC2)CC1. The molecule has 0 atom stereocenters. The zero-order chi connectivity index (χ0) is 21.7. The smallest absolute Gasteiger partial charge is 0.341 e. The van der Waals surface area contributed by atoms with Crippen molar-refractivity contribution in [1.29, 1.82) is 0 Å². The van der Waals surface area contributed by atoms with Crippen LogP contribution >= 0.6 is 0 Å². The number of anilines is 2. The Morgan fingerprint density at radius 1 is 1.07 bits per heavy atom. The molecule has 1 saturated heterocycles. The second-order valence-electron chi connectivity index (χ2n) is 9.55. The quantitative estimate of drug-likeness (QED) is 0.712. The van der Waals surface area contributed by atoms with Gasteiger partial charge in [-0.15, -0.1) is 0 Å². The van der Waals surface area contributed by atoms with Crippen molar-refractivity contribution < 1.29 is 14.3 Å². The molecule has 0 unspecified atom stereocenters. The first-order valence-corrected chi connectivity index (χ1v) is 11.2. The molecule has 1 aliphatic heterocycles. The van der Waals surface area contributed by atoms with Crippen LogP contribution in [0.2, 0.25) is 0 Å². The average Bonchev–Trinajstić information content (AvgIpc) is 2.74. The summed E-state index contributed by atoms with van der Waals surface area (Å²) in [7, 11) is 1.37. The molecule has 1 aromatic rings. The number of amides is 1. The molecule has 166 valence electrons. The van der Waals surface area contributed by atoms with Crippen molar-refractivity contribution in [1.82, 2.24) is 10.3 Å². The Morgan fingerprint density at radius 2 is 1.70 bits per heavy atom. The highest BCUT2D eigenvalue weighted by atomic mass is 16.5. The van der Waals surface area contributed by atoms with E-state index in [1.54, 1.807) is 12.3 Å². The monoisotopic (exact) mass is 416 g/mol. The fraction of sp³-hybridized carbons (Fsp3) is 0.696. The Labute approximate surface area is 180 Å².